The lowest BCUT2D eigenvalue weighted by molar-refractivity contribution is -0.136. The Balaban J connectivity index is 1.47. The molecule has 1 atom stereocenters. The Hall–Kier alpha value is -1.88. The van der Waals surface area contributed by atoms with Crippen LogP contribution in [-0.2, 0) is 4.79 Å². The molecule has 132 valence electrons. The van der Waals surface area contributed by atoms with Crippen molar-refractivity contribution in [1.82, 2.24) is 15.0 Å². The molecule has 0 bridgehead atoms. The fourth-order valence-corrected chi connectivity index (χ4v) is 4.15. The second-order valence-electron chi connectivity index (χ2n) is 7.07. The summed E-state index contributed by atoms with van der Waals surface area (Å²) >= 11 is 6.04. The third kappa shape index (κ3) is 3.56. The van der Waals surface area contributed by atoms with Crippen LogP contribution in [0.15, 0.2) is 28.8 Å². The van der Waals surface area contributed by atoms with Crippen molar-refractivity contribution in [2.75, 3.05) is 13.1 Å². The average Bonchev–Trinajstić information content (AvgIpc) is 3.33. The smallest absolute Gasteiger partial charge is 0.231 e. The molecule has 1 saturated carbocycles. The lowest BCUT2D eigenvalue weighted by Gasteiger charge is -2.32. The van der Waals surface area contributed by atoms with Crippen molar-refractivity contribution in [1.29, 1.82) is 0 Å². The number of amides is 1. The second-order valence-corrected chi connectivity index (χ2v) is 7.51. The monoisotopic (exact) mass is 359 g/mol. The largest absolute Gasteiger partial charge is 0.342 e. The maximum absolute atomic E-state index is 12.7. The zero-order valence-electron chi connectivity index (χ0n) is 14.2. The van der Waals surface area contributed by atoms with Gasteiger partial charge in [0.2, 0.25) is 17.6 Å². The van der Waals surface area contributed by atoms with E-state index in [4.69, 9.17) is 16.1 Å². The van der Waals surface area contributed by atoms with Crippen molar-refractivity contribution in [3.05, 3.63) is 35.2 Å². The Kier molecular flexibility index (Phi) is 4.75. The number of piperidine rings is 1. The fraction of sp³-hybridized carbons (Fsp3) is 0.526. The number of hydrogen-bond donors (Lipinski definition) is 0. The van der Waals surface area contributed by atoms with Gasteiger partial charge in [0.05, 0.1) is 5.92 Å². The quantitative estimate of drug-likeness (QED) is 0.820. The summed E-state index contributed by atoms with van der Waals surface area (Å²) in [7, 11) is 0. The molecule has 1 unspecified atom stereocenters. The standard InChI is InChI=1S/C19H22ClN3O2/c20-16-9-3-7-14(11-16)17-21-18(25-22-17)15-8-4-10-23(12-15)19(24)13-5-1-2-6-13/h3,7,9,11,13,15H,1-2,4-6,8,10,12H2. The Morgan fingerprint density at radius 1 is 1.20 bits per heavy atom. The molecule has 4 rings (SSSR count). The molecule has 2 aromatic rings. The summed E-state index contributed by atoms with van der Waals surface area (Å²) < 4.78 is 5.51. The number of rotatable bonds is 3. The molecular formula is C19H22ClN3O2. The molecule has 1 aromatic carbocycles. The van der Waals surface area contributed by atoms with Crippen molar-refractivity contribution in [2.24, 2.45) is 5.92 Å². The number of nitrogens with zero attached hydrogens (tertiary/aromatic N) is 3. The number of halogens is 1. The average molecular weight is 360 g/mol. The van der Waals surface area contributed by atoms with Crippen LogP contribution in [0.1, 0.15) is 50.3 Å². The van der Waals surface area contributed by atoms with Crippen molar-refractivity contribution in [2.45, 2.75) is 44.4 Å². The first-order valence-corrected chi connectivity index (χ1v) is 9.47. The first-order valence-electron chi connectivity index (χ1n) is 9.09. The van der Waals surface area contributed by atoms with E-state index in [1.54, 1.807) is 0 Å². The molecule has 25 heavy (non-hydrogen) atoms. The molecule has 1 aliphatic carbocycles. The van der Waals surface area contributed by atoms with Crippen molar-refractivity contribution < 1.29 is 9.32 Å². The number of carbonyl (C=O) groups excluding carboxylic acids is 1. The molecule has 1 aliphatic heterocycles. The molecule has 2 fully saturated rings. The molecule has 6 heteroatoms. The summed E-state index contributed by atoms with van der Waals surface area (Å²) in [6.07, 6.45) is 6.41. The van der Waals surface area contributed by atoms with Gasteiger partial charge < -0.3 is 9.42 Å². The van der Waals surface area contributed by atoms with Gasteiger partial charge in [0.15, 0.2) is 0 Å². The van der Waals surface area contributed by atoms with Crippen molar-refractivity contribution >= 4 is 17.5 Å². The van der Waals surface area contributed by atoms with E-state index in [1.807, 2.05) is 29.2 Å². The van der Waals surface area contributed by atoms with Gasteiger partial charge >= 0.3 is 0 Å². The van der Waals surface area contributed by atoms with Gasteiger partial charge in [-0.2, -0.15) is 4.98 Å². The highest BCUT2D eigenvalue weighted by Gasteiger charge is 2.33. The predicted molar refractivity (Wildman–Crippen MR) is 95.3 cm³/mol. The van der Waals surface area contributed by atoms with Crippen LogP contribution in [0.5, 0.6) is 0 Å². The van der Waals surface area contributed by atoms with Crippen LogP contribution < -0.4 is 0 Å². The Labute approximate surface area is 152 Å². The number of likely N-dealkylation sites (tertiary alicyclic amines) is 1. The summed E-state index contributed by atoms with van der Waals surface area (Å²) in [5, 5.41) is 4.75. The summed E-state index contributed by atoms with van der Waals surface area (Å²) in [4.78, 5) is 19.3. The molecule has 0 spiro atoms. The van der Waals surface area contributed by atoms with Crippen LogP contribution in [0.25, 0.3) is 11.4 Å². The lowest BCUT2D eigenvalue weighted by atomic mass is 9.96. The van der Waals surface area contributed by atoms with E-state index in [0.717, 1.165) is 37.8 Å². The summed E-state index contributed by atoms with van der Waals surface area (Å²) in [6.45, 7) is 1.54. The molecule has 1 amide bonds. The van der Waals surface area contributed by atoms with Crippen LogP contribution >= 0.6 is 11.6 Å². The minimum atomic E-state index is 0.125. The zero-order valence-corrected chi connectivity index (χ0v) is 14.9. The van der Waals surface area contributed by atoms with Gasteiger partial charge in [-0.05, 0) is 37.8 Å². The lowest BCUT2D eigenvalue weighted by Crippen LogP contribution is -2.41. The Morgan fingerprint density at radius 3 is 2.84 bits per heavy atom. The third-order valence-corrected chi connectivity index (χ3v) is 5.55. The van der Waals surface area contributed by atoms with Crippen LogP contribution in [-0.4, -0.2) is 34.0 Å². The molecule has 0 radical (unpaired) electrons. The van der Waals surface area contributed by atoms with Crippen LogP contribution in [0.3, 0.4) is 0 Å². The van der Waals surface area contributed by atoms with Gasteiger partial charge in [-0.25, -0.2) is 0 Å². The molecule has 0 N–H and O–H groups in total. The maximum atomic E-state index is 12.7. The SMILES string of the molecule is O=C(C1CCCC1)N1CCCC(c2nc(-c3cccc(Cl)c3)no2)C1. The third-order valence-electron chi connectivity index (χ3n) is 5.31. The molecule has 2 heterocycles. The van der Waals surface area contributed by atoms with Gasteiger partial charge in [0, 0.05) is 29.6 Å². The minimum Gasteiger partial charge on any atom is -0.342 e. The topological polar surface area (TPSA) is 59.2 Å². The van der Waals surface area contributed by atoms with Crippen LogP contribution in [0.2, 0.25) is 5.02 Å². The van der Waals surface area contributed by atoms with Gasteiger partial charge in [-0.1, -0.05) is 41.7 Å². The summed E-state index contributed by atoms with van der Waals surface area (Å²) in [5.74, 6) is 1.84. The Bertz CT molecular complexity index is 755. The molecule has 2 aliphatic rings. The van der Waals surface area contributed by atoms with Crippen LogP contribution in [0, 0.1) is 5.92 Å². The molecule has 1 aromatic heterocycles. The number of benzene rings is 1. The number of aromatic nitrogens is 2. The highest BCUT2D eigenvalue weighted by molar-refractivity contribution is 6.30. The van der Waals surface area contributed by atoms with Crippen molar-refractivity contribution in [3.8, 4) is 11.4 Å². The normalized spacial score (nSPS) is 21.6. The summed E-state index contributed by atoms with van der Waals surface area (Å²) in [5.41, 5.74) is 0.845. The fourth-order valence-electron chi connectivity index (χ4n) is 3.96. The summed E-state index contributed by atoms with van der Waals surface area (Å²) in [6, 6.07) is 7.43. The number of hydrogen-bond acceptors (Lipinski definition) is 4. The van der Waals surface area contributed by atoms with Crippen molar-refractivity contribution in [3.63, 3.8) is 0 Å². The highest BCUT2D eigenvalue weighted by Crippen LogP contribution is 2.32. The van der Waals surface area contributed by atoms with E-state index in [-0.39, 0.29) is 11.8 Å². The predicted octanol–water partition coefficient (Wildman–Crippen LogP) is 4.29. The van der Waals surface area contributed by atoms with Gasteiger partial charge in [0.1, 0.15) is 0 Å². The van der Waals surface area contributed by atoms with Crippen LogP contribution in [0.4, 0.5) is 0 Å². The van der Waals surface area contributed by atoms with E-state index in [1.165, 1.54) is 12.8 Å². The Morgan fingerprint density at radius 2 is 2.04 bits per heavy atom. The highest BCUT2D eigenvalue weighted by atomic mass is 35.5. The number of carbonyl (C=O) groups is 1. The minimum absolute atomic E-state index is 0.125. The second kappa shape index (κ2) is 7.16. The zero-order chi connectivity index (χ0) is 17.2. The van der Waals surface area contributed by atoms with E-state index in [2.05, 4.69) is 10.1 Å². The van der Waals surface area contributed by atoms with E-state index >= 15 is 0 Å². The van der Waals surface area contributed by atoms with E-state index in [0.29, 0.717) is 29.2 Å². The maximum Gasteiger partial charge on any atom is 0.231 e. The van der Waals surface area contributed by atoms with Gasteiger partial charge in [-0.3, -0.25) is 4.79 Å². The van der Waals surface area contributed by atoms with Gasteiger partial charge in [0.25, 0.3) is 0 Å². The van der Waals surface area contributed by atoms with E-state index < -0.39 is 0 Å². The first-order chi connectivity index (χ1) is 12.2. The van der Waals surface area contributed by atoms with Gasteiger partial charge in [-0.15, -0.1) is 0 Å². The molecule has 5 nitrogen and oxygen atoms in total. The first kappa shape index (κ1) is 16.6. The molecular weight excluding hydrogens is 338 g/mol. The van der Waals surface area contributed by atoms with E-state index in [9.17, 15) is 4.79 Å². The molecule has 1 saturated heterocycles.